The highest BCUT2D eigenvalue weighted by Gasteiger charge is 2.27. The van der Waals surface area contributed by atoms with Crippen LogP contribution in [0.3, 0.4) is 0 Å². The molecular weight excluding hydrogens is 482 g/mol. The highest BCUT2D eigenvalue weighted by atomic mass is 79.9. The number of nitrogens with one attached hydrogen (secondary N) is 1. The summed E-state index contributed by atoms with van der Waals surface area (Å²) >= 11 is 3.57. The number of hydrazine groups is 1. The zero-order chi connectivity index (χ0) is 23.2. The Balaban J connectivity index is 1.79. The Morgan fingerprint density at radius 2 is 1.91 bits per heavy atom. The van der Waals surface area contributed by atoms with E-state index >= 15 is 0 Å². The summed E-state index contributed by atoms with van der Waals surface area (Å²) < 4.78 is 8.03. The number of carbonyl (C=O) groups is 1. The van der Waals surface area contributed by atoms with Crippen molar-refractivity contribution < 1.29 is 9.53 Å². The van der Waals surface area contributed by atoms with E-state index in [0.29, 0.717) is 18.1 Å². The Hall–Kier alpha value is -3.41. The van der Waals surface area contributed by atoms with E-state index in [1.54, 1.807) is 10.8 Å². The number of hydrogen-bond donors (Lipinski definition) is 1. The van der Waals surface area contributed by atoms with Gasteiger partial charge < -0.3 is 4.74 Å². The van der Waals surface area contributed by atoms with Crippen LogP contribution in [0.2, 0.25) is 0 Å². The Kier molecular flexibility index (Phi) is 7.23. The molecule has 1 aromatic heterocycles. The molecule has 7 nitrogen and oxygen atoms in total. The van der Waals surface area contributed by atoms with Gasteiger partial charge in [0.25, 0.3) is 5.91 Å². The van der Waals surface area contributed by atoms with Crippen molar-refractivity contribution in [1.29, 1.82) is 5.26 Å². The molecule has 0 spiro atoms. The monoisotopic (exact) mass is 505 g/mol. The molecule has 1 N–H and O–H groups in total. The zero-order valence-electron chi connectivity index (χ0n) is 18.1. The molecule has 0 atom stereocenters. The number of rotatable bonds is 7. The van der Waals surface area contributed by atoms with Crippen molar-refractivity contribution in [2.45, 2.75) is 19.3 Å². The lowest BCUT2D eigenvalue weighted by Gasteiger charge is -2.26. The molecule has 0 radical (unpaired) electrons. The number of ether oxygens (including phenoxy) is 1. The quantitative estimate of drug-likeness (QED) is 0.463. The van der Waals surface area contributed by atoms with E-state index in [1.807, 2.05) is 53.5 Å². The van der Waals surface area contributed by atoms with Crippen LogP contribution in [-0.2, 0) is 0 Å². The Morgan fingerprint density at radius 3 is 2.58 bits per heavy atom. The Labute approximate surface area is 201 Å². The molecule has 1 fully saturated rings. The van der Waals surface area contributed by atoms with Gasteiger partial charge in [-0.2, -0.15) is 10.4 Å². The maximum Gasteiger partial charge on any atom is 0.287 e. The van der Waals surface area contributed by atoms with Crippen LogP contribution in [-0.4, -0.2) is 40.4 Å². The van der Waals surface area contributed by atoms with Crippen LogP contribution in [0.5, 0.6) is 5.75 Å². The van der Waals surface area contributed by atoms with E-state index < -0.39 is 0 Å². The van der Waals surface area contributed by atoms with Gasteiger partial charge in [0.1, 0.15) is 24.0 Å². The normalized spacial score (nSPS) is 13.8. The fourth-order valence-corrected chi connectivity index (χ4v) is 4.27. The van der Waals surface area contributed by atoms with Crippen LogP contribution in [0, 0.1) is 11.3 Å². The maximum absolute atomic E-state index is 13.2. The molecule has 4 rings (SSSR count). The van der Waals surface area contributed by atoms with Crippen LogP contribution < -0.4 is 10.2 Å². The van der Waals surface area contributed by atoms with Crippen LogP contribution in [0.15, 0.2) is 65.7 Å². The van der Waals surface area contributed by atoms with Crippen molar-refractivity contribution in [3.05, 3.63) is 76.9 Å². The highest BCUT2D eigenvalue weighted by Crippen LogP contribution is 2.32. The minimum absolute atomic E-state index is 0.0980. The van der Waals surface area contributed by atoms with Crippen LogP contribution in [0.25, 0.3) is 16.9 Å². The lowest BCUT2D eigenvalue weighted by molar-refractivity contribution is 0.0744. The van der Waals surface area contributed by atoms with Crippen molar-refractivity contribution in [2.24, 2.45) is 0 Å². The number of para-hydroxylation sites is 1. The van der Waals surface area contributed by atoms with E-state index in [4.69, 9.17) is 4.74 Å². The number of nitriles is 1. The van der Waals surface area contributed by atoms with E-state index in [2.05, 4.69) is 39.1 Å². The van der Waals surface area contributed by atoms with Crippen molar-refractivity contribution >= 4 is 21.8 Å². The van der Waals surface area contributed by atoms with E-state index in [-0.39, 0.29) is 17.2 Å². The predicted molar refractivity (Wildman–Crippen MR) is 130 cm³/mol. The first kappa shape index (κ1) is 22.8. The molecule has 33 heavy (non-hydrogen) atoms. The number of benzene rings is 2. The fraction of sp³-hybridized carbons (Fsp3) is 0.240. The number of halogens is 1. The second-order valence-corrected chi connectivity index (χ2v) is 8.51. The third-order valence-corrected chi connectivity index (χ3v) is 6.07. The zero-order valence-corrected chi connectivity index (χ0v) is 19.7. The van der Waals surface area contributed by atoms with Gasteiger partial charge in [-0.3, -0.25) is 10.2 Å². The van der Waals surface area contributed by atoms with Gasteiger partial charge in [-0.25, -0.2) is 9.69 Å². The summed E-state index contributed by atoms with van der Waals surface area (Å²) in [4.78, 5) is 13.2. The fourth-order valence-electron chi connectivity index (χ4n) is 3.81. The molecule has 1 saturated heterocycles. The average Bonchev–Trinajstić information content (AvgIpc) is 3.23. The number of aromatic nitrogens is 2. The molecule has 2 aromatic carbocycles. The molecule has 8 heteroatoms. The van der Waals surface area contributed by atoms with Crippen molar-refractivity contribution in [3.63, 3.8) is 0 Å². The molecule has 3 aromatic rings. The van der Waals surface area contributed by atoms with Crippen molar-refractivity contribution in [2.75, 3.05) is 19.7 Å². The SMILES string of the molecule is C=CCOc1ccc(-c2c(C#N)c(C(=O)NN3CCCCC3)nn2-c2ccccc2Br)cc1. The highest BCUT2D eigenvalue weighted by molar-refractivity contribution is 9.10. The molecule has 0 aliphatic carbocycles. The Morgan fingerprint density at radius 1 is 1.18 bits per heavy atom. The van der Waals surface area contributed by atoms with Gasteiger partial charge in [-0.1, -0.05) is 31.2 Å². The molecule has 2 heterocycles. The van der Waals surface area contributed by atoms with Crippen molar-refractivity contribution in [3.8, 4) is 28.8 Å². The lowest BCUT2D eigenvalue weighted by atomic mass is 10.1. The minimum atomic E-state index is -0.383. The summed E-state index contributed by atoms with van der Waals surface area (Å²) in [6, 6.07) is 17.1. The molecule has 168 valence electrons. The third kappa shape index (κ3) is 5.00. The van der Waals surface area contributed by atoms with E-state index in [9.17, 15) is 10.1 Å². The minimum Gasteiger partial charge on any atom is -0.490 e. The van der Waals surface area contributed by atoms with Gasteiger partial charge in [-0.05, 0) is 65.2 Å². The number of carbonyl (C=O) groups excluding carboxylic acids is 1. The number of piperidine rings is 1. The molecule has 1 amide bonds. The number of hydrogen-bond acceptors (Lipinski definition) is 5. The first-order chi connectivity index (χ1) is 16.1. The molecule has 0 bridgehead atoms. The third-order valence-electron chi connectivity index (χ3n) is 5.40. The summed E-state index contributed by atoms with van der Waals surface area (Å²) in [6.45, 7) is 5.64. The average molecular weight is 506 g/mol. The maximum atomic E-state index is 13.2. The second-order valence-electron chi connectivity index (χ2n) is 7.66. The van der Waals surface area contributed by atoms with E-state index in [0.717, 1.165) is 48.1 Å². The van der Waals surface area contributed by atoms with Gasteiger partial charge in [0.05, 0.1) is 11.4 Å². The molecule has 0 unspecified atom stereocenters. The summed E-state index contributed by atoms with van der Waals surface area (Å²) in [6.07, 6.45) is 4.89. The van der Waals surface area contributed by atoms with Crippen LogP contribution in [0.4, 0.5) is 0 Å². The molecule has 0 saturated carbocycles. The van der Waals surface area contributed by atoms with Gasteiger partial charge in [-0.15, -0.1) is 0 Å². The smallest absolute Gasteiger partial charge is 0.287 e. The second kappa shape index (κ2) is 10.5. The summed E-state index contributed by atoms with van der Waals surface area (Å²) in [7, 11) is 0. The Bertz CT molecular complexity index is 1190. The lowest BCUT2D eigenvalue weighted by Crippen LogP contribution is -2.45. The summed E-state index contributed by atoms with van der Waals surface area (Å²) in [5.41, 5.74) is 5.27. The van der Waals surface area contributed by atoms with Gasteiger partial charge in [0.2, 0.25) is 0 Å². The van der Waals surface area contributed by atoms with Crippen LogP contribution >= 0.6 is 15.9 Å². The number of amides is 1. The van der Waals surface area contributed by atoms with Gasteiger partial charge in [0.15, 0.2) is 5.69 Å². The summed E-state index contributed by atoms with van der Waals surface area (Å²) in [5, 5.41) is 16.6. The largest absolute Gasteiger partial charge is 0.490 e. The first-order valence-corrected chi connectivity index (χ1v) is 11.6. The van der Waals surface area contributed by atoms with Crippen LogP contribution in [0.1, 0.15) is 35.3 Å². The summed E-state index contributed by atoms with van der Waals surface area (Å²) in [5.74, 6) is 0.304. The standard InChI is InChI=1S/C25H24BrN5O2/c1-2-16-33-19-12-10-18(11-13-19)24-20(17-27)23(25(32)29-30-14-6-3-7-15-30)28-31(24)22-9-5-4-8-21(22)26/h2,4-5,8-13H,1,3,6-7,14-16H2,(H,29,32). The van der Waals surface area contributed by atoms with E-state index in [1.165, 1.54) is 0 Å². The molecule has 1 aliphatic heterocycles. The predicted octanol–water partition coefficient (Wildman–Crippen LogP) is 4.87. The first-order valence-electron chi connectivity index (χ1n) is 10.8. The van der Waals surface area contributed by atoms with Gasteiger partial charge in [0, 0.05) is 23.1 Å². The molecular formula is C25H24BrN5O2. The molecule has 1 aliphatic rings. The number of nitrogens with zero attached hydrogens (tertiary/aromatic N) is 4. The van der Waals surface area contributed by atoms with Crippen molar-refractivity contribution in [1.82, 2.24) is 20.2 Å². The topological polar surface area (TPSA) is 83.2 Å². The van der Waals surface area contributed by atoms with Gasteiger partial charge >= 0.3 is 0 Å².